The Balaban J connectivity index is 2.11. The fourth-order valence-electron chi connectivity index (χ4n) is 2.96. The van der Waals surface area contributed by atoms with Gasteiger partial charge in [0.2, 0.25) is 0 Å². The van der Waals surface area contributed by atoms with E-state index in [-0.39, 0.29) is 11.8 Å². The van der Waals surface area contributed by atoms with E-state index in [1.54, 1.807) is 12.1 Å². The number of hydrogen-bond acceptors (Lipinski definition) is 2. The molecule has 2 rings (SSSR count). The fraction of sp³-hybridized carbons (Fsp3) is 0.579. The second-order valence-electron chi connectivity index (χ2n) is 6.70. The first-order valence-corrected chi connectivity index (χ1v) is 8.46. The third kappa shape index (κ3) is 5.08. The molecule has 24 heavy (non-hydrogen) atoms. The molecule has 0 spiro atoms. The molecule has 1 fully saturated rings. The van der Waals surface area contributed by atoms with E-state index in [1.165, 1.54) is 0 Å². The van der Waals surface area contributed by atoms with Crippen LogP contribution in [0.4, 0.5) is 13.2 Å². The van der Waals surface area contributed by atoms with E-state index in [0.717, 1.165) is 49.3 Å². The van der Waals surface area contributed by atoms with Crippen molar-refractivity contribution in [1.29, 1.82) is 0 Å². The third-order valence-corrected chi connectivity index (χ3v) is 4.66. The van der Waals surface area contributed by atoms with Gasteiger partial charge in [0.1, 0.15) is 0 Å². The van der Waals surface area contributed by atoms with E-state index in [0.29, 0.717) is 12.6 Å². The summed E-state index contributed by atoms with van der Waals surface area (Å²) in [6.07, 6.45) is -2.37. The van der Waals surface area contributed by atoms with Crippen LogP contribution in [0, 0.1) is 5.92 Å². The molecule has 1 aliphatic rings. The van der Waals surface area contributed by atoms with Gasteiger partial charge in [0.15, 0.2) is 0 Å². The van der Waals surface area contributed by atoms with Gasteiger partial charge in [-0.15, -0.1) is 0 Å². The highest BCUT2D eigenvalue weighted by atomic mass is 19.4. The summed E-state index contributed by atoms with van der Waals surface area (Å²) in [4.78, 5) is 0. The quantitative estimate of drug-likeness (QED) is 0.753. The normalized spacial score (nSPS) is 17.9. The predicted molar refractivity (Wildman–Crippen MR) is 90.0 cm³/mol. The van der Waals surface area contributed by atoms with Crippen LogP contribution in [0.25, 0.3) is 0 Å². The number of hydrogen-bond donors (Lipinski definition) is 1. The zero-order valence-corrected chi connectivity index (χ0v) is 14.3. The molecule has 0 bridgehead atoms. The monoisotopic (exact) mass is 341 g/mol. The summed E-state index contributed by atoms with van der Waals surface area (Å²) in [5.74, 6) is 0.281. The predicted octanol–water partition coefficient (Wildman–Crippen LogP) is 4.77. The average Bonchev–Trinajstić information content (AvgIpc) is 2.55. The van der Waals surface area contributed by atoms with Crippen molar-refractivity contribution in [2.24, 2.45) is 5.92 Å². The number of nitrogens with one attached hydrogen (secondary N) is 1. The van der Waals surface area contributed by atoms with Crippen LogP contribution < -0.4 is 5.32 Å². The number of ether oxygens (including phenoxy) is 1. The molecule has 1 aromatic rings. The maximum atomic E-state index is 12.8. The topological polar surface area (TPSA) is 21.3 Å². The van der Waals surface area contributed by atoms with Crippen LogP contribution >= 0.6 is 0 Å². The highest BCUT2D eigenvalue weighted by Gasteiger charge is 2.30. The van der Waals surface area contributed by atoms with Gasteiger partial charge in [-0.1, -0.05) is 38.1 Å². The molecule has 1 heterocycles. The lowest BCUT2D eigenvalue weighted by Gasteiger charge is -2.28. The van der Waals surface area contributed by atoms with E-state index < -0.39 is 11.7 Å². The lowest BCUT2D eigenvalue weighted by Crippen LogP contribution is -2.37. The Bertz CT molecular complexity index is 531. The van der Waals surface area contributed by atoms with Crippen molar-refractivity contribution in [2.75, 3.05) is 19.8 Å². The molecule has 0 amide bonds. The van der Waals surface area contributed by atoms with Gasteiger partial charge in [-0.25, -0.2) is 0 Å². The Labute approximate surface area is 142 Å². The van der Waals surface area contributed by atoms with Crippen molar-refractivity contribution in [1.82, 2.24) is 5.32 Å². The van der Waals surface area contributed by atoms with Crippen LogP contribution in [-0.4, -0.2) is 25.8 Å². The number of rotatable bonds is 6. The molecule has 2 nitrogen and oxygen atoms in total. The molecular formula is C19H26F3NO. The summed E-state index contributed by atoms with van der Waals surface area (Å²) in [6, 6.07) is 5.87. The van der Waals surface area contributed by atoms with Crippen LogP contribution in [0.15, 0.2) is 36.4 Å². The summed E-state index contributed by atoms with van der Waals surface area (Å²) in [6.45, 7) is 10.5. The van der Waals surface area contributed by atoms with Gasteiger partial charge in [0, 0.05) is 31.7 Å². The molecule has 1 aromatic carbocycles. The molecular weight excluding hydrogens is 315 g/mol. The molecule has 0 radical (unpaired) electrons. The molecule has 0 aromatic heterocycles. The summed E-state index contributed by atoms with van der Waals surface area (Å²) in [5, 5.41) is 3.54. The van der Waals surface area contributed by atoms with Crippen molar-refractivity contribution in [3.05, 3.63) is 47.5 Å². The smallest absolute Gasteiger partial charge is 0.381 e. The second kappa shape index (κ2) is 8.17. The summed E-state index contributed by atoms with van der Waals surface area (Å²) >= 11 is 0. The maximum absolute atomic E-state index is 12.8. The Morgan fingerprint density at radius 3 is 2.29 bits per heavy atom. The van der Waals surface area contributed by atoms with Gasteiger partial charge < -0.3 is 10.1 Å². The van der Waals surface area contributed by atoms with Crippen LogP contribution in [0.3, 0.4) is 0 Å². The average molecular weight is 341 g/mol. The van der Waals surface area contributed by atoms with Crippen molar-refractivity contribution in [3.63, 3.8) is 0 Å². The SMILES string of the molecule is C=C(C(C)C)[C@H](CNC1CCOCC1)c1ccc(C(F)(F)F)cc1. The summed E-state index contributed by atoms with van der Waals surface area (Å²) < 4.78 is 43.6. The Hall–Kier alpha value is -1.33. The lowest BCUT2D eigenvalue weighted by atomic mass is 9.85. The molecule has 1 atom stereocenters. The fourth-order valence-corrected chi connectivity index (χ4v) is 2.96. The zero-order chi connectivity index (χ0) is 17.7. The number of alkyl halides is 3. The second-order valence-corrected chi connectivity index (χ2v) is 6.70. The zero-order valence-electron chi connectivity index (χ0n) is 14.3. The summed E-state index contributed by atoms with van der Waals surface area (Å²) in [5.41, 5.74) is 1.30. The molecule has 134 valence electrons. The van der Waals surface area contributed by atoms with Crippen LogP contribution in [0.1, 0.15) is 43.7 Å². The van der Waals surface area contributed by atoms with E-state index in [9.17, 15) is 13.2 Å². The standard InChI is InChI=1S/C19H26F3NO/c1-13(2)14(3)18(12-23-17-8-10-24-11-9-17)15-4-6-16(7-5-15)19(20,21)22/h4-7,13,17-18,23H,3,8-12H2,1-2H3/t18-/m0/s1. The van der Waals surface area contributed by atoms with E-state index in [4.69, 9.17) is 4.74 Å². The first-order valence-electron chi connectivity index (χ1n) is 8.46. The minimum atomic E-state index is -4.30. The first-order chi connectivity index (χ1) is 11.3. The minimum Gasteiger partial charge on any atom is -0.381 e. The van der Waals surface area contributed by atoms with Gasteiger partial charge in [0.05, 0.1) is 5.56 Å². The van der Waals surface area contributed by atoms with Crippen LogP contribution in [0.2, 0.25) is 0 Å². The summed E-state index contributed by atoms with van der Waals surface area (Å²) in [7, 11) is 0. The van der Waals surface area contributed by atoms with Gasteiger partial charge in [-0.3, -0.25) is 0 Å². The van der Waals surface area contributed by atoms with Gasteiger partial charge in [-0.05, 0) is 36.5 Å². The van der Waals surface area contributed by atoms with Gasteiger partial charge in [-0.2, -0.15) is 13.2 Å². The molecule has 0 saturated carbocycles. The molecule has 1 N–H and O–H groups in total. The maximum Gasteiger partial charge on any atom is 0.416 e. The molecule has 1 saturated heterocycles. The largest absolute Gasteiger partial charge is 0.416 e. The van der Waals surface area contributed by atoms with Crippen molar-refractivity contribution < 1.29 is 17.9 Å². The molecule has 1 aliphatic heterocycles. The van der Waals surface area contributed by atoms with Gasteiger partial charge in [0.25, 0.3) is 0 Å². The molecule has 5 heteroatoms. The lowest BCUT2D eigenvalue weighted by molar-refractivity contribution is -0.137. The molecule has 0 aliphatic carbocycles. The Morgan fingerprint density at radius 1 is 1.21 bits per heavy atom. The van der Waals surface area contributed by atoms with Crippen molar-refractivity contribution >= 4 is 0 Å². The van der Waals surface area contributed by atoms with Crippen LogP contribution in [-0.2, 0) is 10.9 Å². The van der Waals surface area contributed by atoms with E-state index in [1.807, 2.05) is 0 Å². The van der Waals surface area contributed by atoms with E-state index >= 15 is 0 Å². The highest BCUT2D eigenvalue weighted by molar-refractivity contribution is 5.32. The number of benzene rings is 1. The highest BCUT2D eigenvalue weighted by Crippen LogP contribution is 2.33. The molecule has 0 unspecified atom stereocenters. The minimum absolute atomic E-state index is 0.00938. The van der Waals surface area contributed by atoms with Crippen molar-refractivity contribution in [2.45, 2.75) is 44.8 Å². The Morgan fingerprint density at radius 2 is 1.79 bits per heavy atom. The first kappa shape index (κ1) is 19.0. The van der Waals surface area contributed by atoms with Crippen LogP contribution in [0.5, 0.6) is 0 Å². The Kier molecular flexibility index (Phi) is 6.47. The number of halogens is 3. The van der Waals surface area contributed by atoms with Gasteiger partial charge >= 0.3 is 6.18 Å². The van der Waals surface area contributed by atoms with E-state index in [2.05, 4.69) is 25.7 Å². The van der Waals surface area contributed by atoms with Crippen molar-refractivity contribution in [3.8, 4) is 0 Å². The third-order valence-electron chi connectivity index (χ3n) is 4.66.